The summed E-state index contributed by atoms with van der Waals surface area (Å²) in [5.74, 6) is 0. The summed E-state index contributed by atoms with van der Waals surface area (Å²) in [5.41, 5.74) is 0. The fourth-order valence-corrected chi connectivity index (χ4v) is 2.60. The normalized spacial score (nSPS) is 14.2. The maximum Gasteiger partial charge on any atom is 0.00578 e. The largest absolute Gasteiger partial charge is 0.307 e. The highest BCUT2D eigenvalue weighted by Crippen LogP contribution is 2.09. The van der Waals surface area contributed by atoms with Gasteiger partial charge in [0.05, 0.1) is 0 Å². The highest BCUT2D eigenvalue weighted by atomic mass is 28.1. The van der Waals surface area contributed by atoms with E-state index in [0.29, 0.717) is 0 Å². The van der Waals surface area contributed by atoms with Crippen LogP contribution < -0.4 is 0 Å². The first-order valence-corrected chi connectivity index (χ1v) is 6.30. The first-order valence-electron chi connectivity index (χ1n) is 4.88. The molecule has 0 radical (unpaired) electrons. The van der Waals surface area contributed by atoms with Crippen LogP contribution in [0.2, 0.25) is 6.04 Å². The molecule has 0 fully saturated rings. The summed E-state index contributed by atoms with van der Waals surface area (Å²) in [7, 11) is 5.75. The van der Waals surface area contributed by atoms with Gasteiger partial charge >= 0.3 is 0 Å². The summed E-state index contributed by atoms with van der Waals surface area (Å²) >= 11 is 0. The van der Waals surface area contributed by atoms with Crippen LogP contribution >= 0.6 is 0 Å². The van der Waals surface area contributed by atoms with E-state index in [1.54, 1.807) is 0 Å². The van der Waals surface area contributed by atoms with E-state index >= 15 is 0 Å². The molecule has 0 saturated heterocycles. The van der Waals surface area contributed by atoms with Crippen LogP contribution in [-0.2, 0) is 0 Å². The predicted molar refractivity (Wildman–Crippen MR) is 56.4 cm³/mol. The van der Waals surface area contributed by atoms with Gasteiger partial charge in [-0.3, -0.25) is 0 Å². The quantitative estimate of drug-likeness (QED) is 0.432. The molecule has 0 bridgehead atoms. The Morgan fingerprint density at radius 3 is 2.27 bits per heavy atom. The standard InChI is InChI=1S/C9H23NSi/c1-4-5-6-7-9(8-11)10(2)3/h9H,4-8H2,1-3,11H3. The first kappa shape index (κ1) is 11.2. The van der Waals surface area contributed by atoms with Crippen LogP contribution in [0.15, 0.2) is 0 Å². The molecule has 0 aromatic rings. The van der Waals surface area contributed by atoms with E-state index in [9.17, 15) is 0 Å². The molecule has 0 aliphatic rings. The van der Waals surface area contributed by atoms with Gasteiger partial charge in [-0.1, -0.05) is 32.2 Å². The lowest BCUT2D eigenvalue weighted by Crippen LogP contribution is -2.27. The molecule has 0 heterocycles. The minimum absolute atomic E-state index is 0.869. The Morgan fingerprint density at radius 1 is 1.27 bits per heavy atom. The van der Waals surface area contributed by atoms with Crippen LogP contribution in [0.3, 0.4) is 0 Å². The molecule has 0 rings (SSSR count). The van der Waals surface area contributed by atoms with E-state index in [1.165, 1.54) is 42.0 Å². The minimum Gasteiger partial charge on any atom is -0.307 e. The lowest BCUT2D eigenvalue weighted by Gasteiger charge is -2.22. The molecule has 1 nitrogen and oxygen atoms in total. The third kappa shape index (κ3) is 5.45. The van der Waals surface area contributed by atoms with Gasteiger partial charge in [-0.15, -0.1) is 0 Å². The van der Waals surface area contributed by atoms with Crippen LogP contribution in [-0.4, -0.2) is 35.3 Å². The van der Waals surface area contributed by atoms with E-state index < -0.39 is 0 Å². The highest BCUT2D eigenvalue weighted by molar-refractivity contribution is 6.08. The second kappa shape index (κ2) is 6.86. The van der Waals surface area contributed by atoms with Crippen molar-refractivity contribution in [2.45, 2.75) is 44.7 Å². The first-order chi connectivity index (χ1) is 5.22. The van der Waals surface area contributed by atoms with Gasteiger partial charge < -0.3 is 4.90 Å². The SMILES string of the molecule is CCCCCC(C[SiH3])N(C)C. The van der Waals surface area contributed by atoms with Gasteiger partial charge in [0.2, 0.25) is 0 Å². The monoisotopic (exact) mass is 173 g/mol. The Hall–Kier alpha value is 0.177. The molecule has 68 valence electrons. The van der Waals surface area contributed by atoms with Crippen molar-refractivity contribution in [3.05, 3.63) is 0 Å². The van der Waals surface area contributed by atoms with Crippen molar-refractivity contribution >= 4 is 10.2 Å². The van der Waals surface area contributed by atoms with Crippen molar-refractivity contribution in [1.29, 1.82) is 0 Å². The molecule has 0 aliphatic carbocycles. The van der Waals surface area contributed by atoms with E-state index in [1.807, 2.05) is 0 Å². The maximum atomic E-state index is 2.38. The second-order valence-electron chi connectivity index (χ2n) is 3.52. The predicted octanol–water partition coefficient (Wildman–Crippen LogP) is 1.28. The third-order valence-corrected chi connectivity index (χ3v) is 3.28. The number of hydrogen-bond acceptors (Lipinski definition) is 1. The van der Waals surface area contributed by atoms with Crippen molar-refractivity contribution in [1.82, 2.24) is 4.90 Å². The van der Waals surface area contributed by atoms with Gasteiger partial charge in [0.25, 0.3) is 0 Å². The van der Waals surface area contributed by atoms with Crippen LogP contribution in [0, 0.1) is 0 Å². The van der Waals surface area contributed by atoms with Gasteiger partial charge in [0.1, 0.15) is 0 Å². The number of unbranched alkanes of at least 4 members (excludes halogenated alkanes) is 2. The lowest BCUT2D eigenvalue weighted by atomic mass is 10.1. The van der Waals surface area contributed by atoms with E-state index in [0.717, 1.165) is 6.04 Å². The molecule has 1 atom stereocenters. The summed E-state index contributed by atoms with van der Waals surface area (Å²) in [6.07, 6.45) is 5.58. The van der Waals surface area contributed by atoms with Crippen LogP contribution in [0.4, 0.5) is 0 Å². The van der Waals surface area contributed by atoms with Gasteiger partial charge in [-0.25, -0.2) is 0 Å². The zero-order chi connectivity index (χ0) is 8.69. The Kier molecular flexibility index (Phi) is 6.97. The molecule has 11 heavy (non-hydrogen) atoms. The minimum atomic E-state index is 0.869. The molecule has 0 saturated carbocycles. The van der Waals surface area contributed by atoms with Crippen molar-refractivity contribution < 1.29 is 0 Å². The summed E-state index contributed by atoms with van der Waals surface area (Å²) in [6, 6.07) is 2.30. The molecular formula is C9H23NSi. The van der Waals surface area contributed by atoms with Gasteiger partial charge in [-0.2, -0.15) is 0 Å². The lowest BCUT2D eigenvalue weighted by molar-refractivity contribution is 0.292. The fourth-order valence-electron chi connectivity index (χ4n) is 1.46. The zero-order valence-corrected chi connectivity index (χ0v) is 10.6. The molecule has 0 aromatic carbocycles. The Bertz CT molecular complexity index is 83.6. The topological polar surface area (TPSA) is 3.24 Å². The zero-order valence-electron chi connectivity index (χ0n) is 8.56. The van der Waals surface area contributed by atoms with E-state index in [2.05, 4.69) is 25.9 Å². The fraction of sp³-hybridized carbons (Fsp3) is 1.00. The Morgan fingerprint density at radius 2 is 1.91 bits per heavy atom. The second-order valence-corrected chi connectivity index (χ2v) is 4.34. The summed E-state index contributed by atoms with van der Waals surface area (Å²) in [6.45, 7) is 2.27. The van der Waals surface area contributed by atoms with Gasteiger partial charge in [-0.05, 0) is 20.5 Å². The maximum absolute atomic E-state index is 2.38. The smallest absolute Gasteiger partial charge is 0.00578 e. The van der Waals surface area contributed by atoms with Crippen molar-refractivity contribution in [2.24, 2.45) is 0 Å². The summed E-state index contributed by atoms with van der Waals surface area (Å²) < 4.78 is 0. The number of nitrogens with zero attached hydrogens (tertiary/aromatic N) is 1. The van der Waals surface area contributed by atoms with E-state index in [4.69, 9.17) is 0 Å². The number of hydrogen-bond donors (Lipinski definition) is 0. The van der Waals surface area contributed by atoms with Crippen LogP contribution in [0.25, 0.3) is 0 Å². The number of rotatable bonds is 6. The van der Waals surface area contributed by atoms with Crippen molar-refractivity contribution in [3.8, 4) is 0 Å². The third-order valence-electron chi connectivity index (χ3n) is 2.34. The molecule has 0 aromatic heterocycles. The van der Waals surface area contributed by atoms with Crippen molar-refractivity contribution in [2.75, 3.05) is 14.1 Å². The summed E-state index contributed by atoms with van der Waals surface area (Å²) in [4.78, 5) is 2.38. The van der Waals surface area contributed by atoms with Crippen LogP contribution in [0.5, 0.6) is 0 Å². The van der Waals surface area contributed by atoms with E-state index in [-0.39, 0.29) is 0 Å². The molecule has 0 aliphatic heterocycles. The molecular weight excluding hydrogens is 150 g/mol. The molecule has 0 amide bonds. The van der Waals surface area contributed by atoms with Crippen molar-refractivity contribution in [3.63, 3.8) is 0 Å². The molecule has 2 heteroatoms. The van der Waals surface area contributed by atoms with Crippen LogP contribution in [0.1, 0.15) is 32.6 Å². The molecule has 0 spiro atoms. The average Bonchev–Trinajstić information content (AvgIpc) is 1.97. The molecule has 1 unspecified atom stereocenters. The van der Waals surface area contributed by atoms with Gasteiger partial charge in [0, 0.05) is 16.3 Å². The highest BCUT2D eigenvalue weighted by Gasteiger charge is 2.06. The van der Waals surface area contributed by atoms with Gasteiger partial charge in [0.15, 0.2) is 0 Å². The summed E-state index contributed by atoms with van der Waals surface area (Å²) in [5, 5.41) is 0. The molecule has 0 N–H and O–H groups in total. The Balaban J connectivity index is 3.36. The average molecular weight is 173 g/mol. The Labute approximate surface area is 74.6 Å².